The molecule has 0 unspecified atom stereocenters. The molecular weight excluding hydrogens is 357 g/mol. The number of sulfonamides is 1. The summed E-state index contributed by atoms with van der Waals surface area (Å²) >= 11 is 12.1. The molecule has 3 rings (SSSR count). The molecule has 23 heavy (non-hydrogen) atoms. The highest BCUT2D eigenvalue weighted by molar-refractivity contribution is 7.89. The molecular formula is C15H15Cl2N3O2S. The Morgan fingerprint density at radius 3 is 2.13 bits per heavy atom. The van der Waals surface area contributed by atoms with Crippen molar-refractivity contribution in [2.75, 3.05) is 31.1 Å². The summed E-state index contributed by atoms with van der Waals surface area (Å²) in [5.74, 6) is 0.848. The van der Waals surface area contributed by atoms with Gasteiger partial charge in [0.05, 0.1) is 10.0 Å². The van der Waals surface area contributed by atoms with Crippen LogP contribution in [0.15, 0.2) is 47.5 Å². The molecule has 0 saturated carbocycles. The molecule has 0 bridgehead atoms. The van der Waals surface area contributed by atoms with Crippen molar-refractivity contribution in [2.24, 2.45) is 0 Å². The number of nitrogens with zero attached hydrogens (tertiary/aromatic N) is 3. The number of halogens is 2. The van der Waals surface area contributed by atoms with Gasteiger partial charge in [-0.05, 0) is 24.3 Å². The third kappa shape index (κ3) is 3.30. The lowest BCUT2D eigenvalue weighted by atomic mass is 10.3. The maximum atomic E-state index is 12.8. The summed E-state index contributed by atoms with van der Waals surface area (Å²) in [4.78, 5) is 6.33. The van der Waals surface area contributed by atoms with Crippen LogP contribution < -0.4 is 4.90 Å². The minimum absolute atomic E-state index is 0.0189. The highest BCUT2D eigenvalue weighted by Crippen LogP contribution is 2.32. The van der Waals surface area contributed by atoms with Crippen LogP contribution in [-0.4, -0.2) is 43.9 Å². The maximum absolute atomic E-state index is 12.8. The number of benzene rings is 1. The lowest BCUT2D eigenvalue weighted by molar-refractivity contribution is 0.384. The molecule has 2 aromatic rings. The van der Waals surface area contributed by atoms with E-state index < -0.39 is 10.0 Å². The van der Waals surface area contributed by atoms with Crippen LogP contribution in [0.5, 0.6) is 0 Å². The van der Waals surface area contributed by atoms with E-state index in [0.29, 0.717) is 26.2 Å². The topological polar surface area (TPSA) is 53.5 Å². The van der Waals surface area contributed by atoms with E-state index in [4.69, 9.17) is 23.2 Å². The van der Waals surface area contributed by atoms with Crippen LogP contribution in [0.4, 0.5) is 5.82 Å². The van der Waals surface area contributed by atoms with Gasteiger partial charge in [-0.1, -0.05) is 35.3 Å². The monoisotopic (exact) mass is 371 g/mol. The number of aromatic nitrogens is 1. The summed E-state index contributed by atoms with van der Waals surface area (Å²) in [6.07, 6.45) is 1.72. The fourth-order valence-electron chi connectivity index (χ4n) is 2.56. The predicted octanol–water partition coefficient (Wildman–Crippen LogP) is 2.90. The van der Waals surface area contributed by atoms with Gasteiger partial charge in [-0.25, -0.2) is 13.4 Å². The van der Waals surface area contributed by atoms with E-state index in [2.05, 4.69) is 9.88 Å². The lowest BCUT2D eigenvalue weighted by Gasteiger charge is -2.34. The van der Waals surface area contributed by atoms with E-state index in [9.17, 15) is 8.42 Å². The van der Waals surface area contributed by atoms with Crippen LogP contribution in [0.3, 0.4) is 0 Å². The molecule has 0 spiro atoms. The van der Waals surface area contributed by atoms with Crippen molar-refractivity contribution >= 4 is 39.0 Å². The molecule has 1 aliphatic heterocycles. The molecule has 2 heterocycles. The van der Waals surface area contributed by atoms with Crippen LogP contribution in [0, 0.1) is 0 Å². The molecule has 1 aliphatic rings. The van der Waals surface area contributed by atoms with Crippen molar-refractivity contribution < 1.29 is 8.42 Å². The first kappa shape index (κ1) is 16.5. The Kier molecular flexibility index (Phi) is 4.77. The molecule has 1 fully saturated rings. The summed E-state index contributed by atoms with van der Waals surface area (Å²) in [6, 6.07) is 10.4. The van der Waals surface area contributed by atoms with Crippen molar-refractivity contribution in [1.82, 2.24) is 9.29 Å². The fourth-order valence-corrected chi connectivity index (χ4v) is 5.07. The zero-order valence-electron chi connectivity index (χ0n) is 12.2. The van der Waals surface area contributed by atoms with Gasteiger partial charge in [-0.2, -0.15) is 4.31 Å². The molecule has 0 atom stereocenters. The highest BCUT2D eigenvalue weighted by atomic mass is 35.5. The zero-order valence-corrected chi connectivity index (χ0v) is 14.5. The molecule has 1 aromatic carbocycles. The molecule has 1 aromatic heterocycles. The molecule has 0 N–H and O–H groups in total. The standard InChI is InChI=1S/C15H15Cl2N3O2S/c16-12-4-3-5-13(17)15(12)23(21,22)20-10-8-19(9-11-20)14-6-1-2-7-18-14/h1-7H,8-11H2. The second-order valence-corrected chi connectivity index (χ2v) is 7.82. The molecule has 0 aliphatic carbocycles. The van der Waals surface area contributed by atoms with Crippen molar-refractivity contribution in [3.63, 3.8) is 0 Å². The largest absolute Gasteiger partial charge is 0.354 e. The Hall–Kier alpha value is -1.34. The van der Waals surface area contributed by atoms with Gasteiger partial charge in [-0.3, -0.25) is 0 Å². The number of rotatable bonds is 3. The van der Waals surface area contributed by atoms with Gasteiger partial charge >= 0.3 is 0 Å². The van der Waals surface area contributed by atoms with Crippen LogP contribution in [-0.2, 0) is 10.0 Å². The van der Waals surface area contributed by atoms with Crippen LogP contribution >= 0.6 is 23.2 Å². The van der Waals surface area contributed by atoms with Crippen molar-refractivity contribution in [1.29, 1.82) is 0 Å². The average molecular weight is 372 g/mol. The van der Waals surface area contributed by atoms with E-state index in [0.717, 1.165) is 5.82 Å². The second kappa shape index (κ2) is 6.65. The normalized spacial score (nSPS) is 16.5. The zero-order chi connectivity index (χ0) is 16.4. The number of anilines is 1. The first-order valence-electron chi connectivity index (χ1n) is 7.10. The van der Waals surface area contributed by atoms with Crippen LogP contribution in [0.25, 0.3) is 0 Å². The lowest BCUT2D eigenvalue weighted by Crippen LogP contribution is -2.49. The van der Waals surface area contributed by atoms with Crippen molar-refractivity contribution in [2.45, 2.75) is 4.90 Å². The quantitative estimate of drug-likeness (QED) is 0.832. The Labute approximate surface area is 145 Å². The summed E-state index contributed by atoms with van der Waals surface area (Å²) in [6.45, 7) is 1.86. The first-order valence-corrected chi connectivity index (χ1v) is 9.30. The van der Waals surface area contributed by atoms with E-state index >= 15 is 0 Å². The summed E-state index contributed by atoms with van der Waals surface area (Å²) in [5.41, 5.74) is 0. The first-order chi connectivity index (χ1) is 11.0. The molecule has 5 nitrogen and oxygen atoms in total. The Bertz CT molecular complexity index is 771. The predicted molar refractivity (Wildman–Crippen MR) is 91.7 cm³/mol. The third-order valence-electron chi connectivity index (χ3n) is 3.73. The smallest absolute Gasteiger partial charge is 0.246 e. The number of piperazine rings is 1. The van der Waals surface area contributed by atoms with Crippen LogP contribution in [0.2, 0.25) is 10.0 Å². The highest BCUT2D eigenvalue weighted by Gasteiger charge is 2.32. The maximum Gasteiger partial charge on any atom is 0.246 e. The van der Waals surface area contributed by atoms with Gasteiger partial charge < -0.3 is 4.90 Å². The second-order valence-electron chi connectivity index (χ2n) is 5.13. The minimum atomic E-state index is -3.71. The number of hydrogen-bond acceptors (Lipinski definition) is 4. The fraction of sp³-hybridized carbons (Fsp3) is 0.267. The average Bonchev–Trinajstić information content (AvgIpc) is 2.55. The van der Waals surface area contributed by atoms with Gasteiger partial charge in [-0.15, -0.1) is 0 Å². The SMILES string of the molecule is O=S(=O)(c1c(Cl)cccc1Cl)N1CCN(c2ccccn2)CC1. The van der Waals surface area contributed by atoms with E-state index in [-0.39, 0.29) is 14.9 Å². The van der Waals surface area contributed by atoms with Gasteiger partial charge in [0.15, 0.2) is 0 Å². The van der Waals surface area contributed by atoms with Gasteiger partial charge in [0, 0.05) is 32.4 Å². The van der Waals surface area contributed by atoms with E-state index in [1.165, 1.54) is 16.4 Å². The number of pyridine rings is 1. The van der Waals surface area contributed by atoms with Gasteiger partial charge in [0.1, 0.15) is 10.7 Å². The summed E-state index contributed by atoms with van der Waals surface area (Å²) in [5, 5.41) is 0.286. The van der Waals surface area contributed by atoms with Gasteiger partial charge in [0.2, 0.25) is 10.0 Å². The summed E-state index contributed by atoms with van der Waals surface area (Å²) < 4.78 is 27.0. The Morgan fingerprint density at radius 2 is 1.57 bits per heavy atom. The molecule has 122 valence electrons. The summed E-state index contributed by atoms with van der Waals surface area (Å²) in [7, 11) is -3.71. The number of hydrogen-bond donors (Lipinski definition) is 0. The Balaban J connectivity index is 1.79. The molecule has 1 saturated heterocycles. The Morgan fingerprint density at radius 1 is 0.913 bits per heavy atom. The molecule has 0 amide bonds. The van der Waals surface area contributed by atoms with Crippen molar-refractivity contribution in [3.05, 3.63) is 52.6 Å². The van der Waals surface area contributed by atoms with Crippen LogP contribution in [0.1, 0.15) is 0 Å². The van der Waals surface area contributed by atoms with Crippen molar-refractivity contribution in [3.8, 4) is 0 Å². The van der Waals surface area contributed by atoms with E-state index in [1.54, 1.807) is 12.3 Å². The minimum Gasteiger partial charge on any atom is -0.354 e. The van der Waals surface area contributed by atoms with Gasteiger partial charge in [0.25, 0.3) is 0 Å². The molecule has 0 radical (unpaired) electrons. The third-order valence-corrected chi connectivity index (χ3v) is 6.58. The van der Waals surface area contributed by atoms with E-state index in [1.807, 2.05) is 18.2 Å². The molecule has 8 heteroatoms.